The molecule has 4 rings (SSSR count). The van der Waals surface area contributed by atoms with Crippen LogP contribution in [0, 0.1) is 11.3 Å². The molecule has 0 unspecified atom stereocenters. The van der Waals surface area contributed by atoms with E-state index in [4.69, 9.17) is 9.47 Å². The highest BCUT2D eigenvalue weighted by Gasteiger charge is 2.20. The SMILES string of the molecule is N#C/C(=C\c1c(Oc2ccc(Br)cc2)nc2ccccn2c1=O)C(=O)NC[C@@H]1CCCO1. The van der Waals surface area contributed by atoms with Crippen LogP contribution in [0.25, 0.3) is 11.7 Å². The maximum atomic E-state index is 13.2. The van der Waals surface area contributed by atoms with Crippen molar-refractivity contribution in [3.05, 3.63) is 74.6 Å². The van der Waals surface area contributed by atoms with Crippen LogP contribution in [0.4, 0.5) is 0 Å². The highest BCUT2D eigenvalue weighted by molar-refractivity contribution is 9.10. The van der Waals surface area contributed by atoms with Crippen molar-refractivity contribution >= 4 is 33.6 Å². The number of nitriles is 1. The molecule has 32 heavy (non-hydrogen) atoms. The van der Waals surface area contributed by atoms with E-state index in [1.807, 2.05) is 6.07 Å². The Bertz CT molecular complexity index is 1270. The molecule has 1 amide bonds. The maximum Gasteiger partial charge on any atom is 0.269 e. The van der Waals surface area contributed by atoms with Crippen LogP contribution in [-0.2, 0) is 9.53 Å². The van der Waals surface area contributed by atoms with Gasteiger partial charge in [-0.1, -0.05) is 22.0 Å². The van der Waals surface area contributed by atoms with E-state index in [1.54, 1.807) is 48.7 Å². The van der Waals surface area contributed by atoms with Gasteiger partial charge in [-0.05, 0) is 55.3 Å². The van der Waals surface area contributed by atoms with E-state index in [2.05, 4.69) is 26.2 Å². The summed E-state index contributed by atoms with van der Waals surface area (Å²) in [5.74, 6) is -0.130. The lowest BCUT2D eigenvalue weighted by Crippen LogP contribution is -2.32. The molecule has 0 spiro atoms. The molecule has 1 aliphatic rings. The van der Waals surface area contributed by atoms with E-state index in [0.717, 1.165) is 17.3 Å². The van der Waals surface area contributed by atoms with E-state index < -0.39 is 11.5 Å². The van der Waals surface area contributed by atoms with E-state index in [9.17, 15) is 14.9 Å². The van der Waals surface area contributed by atoms with Crippen molar-refractivity contribution in [2.75, 3.05) is 13.2 Å². The molecule has 1 atom stereocenters. The van der Waals surface area contributed by atoms with Gasteiger partial charge in [-0.15, -0.1) is 0 Å². The number of halogens is 1. The first-order valence-corrected chi connectivity index (χ1v) is 10.8. The summed E-state index contributed by atoms with van der Waals surface area (Å²) < 4.78 is 13.6. The van der Waals surface area contributed by atoms with Crippen molar-refractivity contribution in [1.29, 1.82) is 5.26 Å². The van der Waals surface area contributed by atoms with Crippen molar-refractivity contribution in [1.82, 2.24) is 14.7 Å². The average Bonchev–Trinajstić information content (AvgIpc) is 3.33. The molecule has 2 aromatic heterocycles. The molecule has 0 bridgehead atoms. The number of aromatic nitrogens is 2. The van der Waals surface area contributed by atoms with Gasteiger partial charge >= 0.3 is 0 Å². The number of hydrogen-bond donors (Lipinski definition) is 1. The number of carbonyl (C=O) groups is 1. The zero-order valence-electron chi connectivity index (χ0n) is 17.0. The molecule has 1 N–H and O–H groups in total. The standard InChI is InChI=1S/C23H19BrN4O4/c24-16-6-8-17(9-7-16)32-22-19(23(30)28-10-2-1-5-20(28)27-22)12-15(13-25)21(29)26-14-18-4-3-11-31-18/h1-2,5-10,12,18H,3-4,11,14H2,(H,26,29)/b15-12+/t18-/m0/s1. The molecule has 1 saturated heterocycles. The quantitative estimate of drug-likeness (QED) is 0.415. The van der Waals surface area contributed by atoms with Gasteiger partial charge in [0.25, 0.3) is 11.5 Å². The Kier molecular flexibility index (Phi) is 6.63. The van der Waals surface area contributed by atoms with E-state index in [-0.39, 0.29) is 23.1 Å². The minimum Gasteiger partial charge on any atom is -0.438 e. The summed E-state index contributed by atoms with van der Waals surface area (Å²) in [5, 5.41) is 12.3. The largest absolute Gasteiger partial charge is 0.438 e. The third-order valence-electron chi connectivity index (χ3n) is 4.93. The van der Waals surface area contributed by atoms with Crippen LogP contribution in [0.1, 0.15) is 18.4 Å². The number of amides is 1. The third-order valence-corrected chi connectivity index (χ3v) is 5.46. The Morgan fingerprint density at radius 2 is 2.16 bits per heavy atom. The molecule has 3 heterocycles. The zero-order valence-corrected chi connectivity index (χ0v) is 18.5. The van der Waals surface area contributed by atoms with Crippen LogP contribution in [0.2, 0.25) is 0 Å². The molecule has 0 saturated carbocycles. The van der Waals surface area contributed by atoms with Crippen molar-refractivity contribution < 1.29 is 14.3 Å². The van der Waals surface area contributed by atoms with Gasteiger partial charge in [-0.2, -0.15) is 10.2 Å². The number of hydrogen-bond acceptors (Lipinski definition) is 6. The summed E-state index contributed by atoms with van der Waals surface area (Å²) in [7, 11) is 0. The van der Waals surface area contributed by atoms with Gasteiger partial charge in [0.2, 0.25) is 5.88 Å². The highest BCUT2D eigenvalue weighted by atomic mass is 79.9. The van der Waals surface area contributed by atoms with Gasteiger partial charge < -0.3 is 14.8 Å². The van der Waals surface area contributed by atoms with Crippen molar-refractivity contribution in [3.8, 4) is 17.7 Å². The lowest BCUT2D eigenvalue weighted by Gasteiger charge is -2.11. The summed E-state index contributed by atoms with van der Waals surface area (Å²) in [5.41, 5.74) is -0.302. The number of pyridine rings is 1. The van der Waals surface area contributed by atoms with Crippen LogP contribution >= 0.6 is 15.9 Å². The molecule has 1 fully saturated rings. The second kappa shape index (κ2) is 9.77. The minimum absolute atomic E-state index is 0.000403. The molecular formula is C23H19BrN4O4. The normalized spacial score (nSPS) is 16.0. The van der Waals surface area contributed by atoms with Crippen LogP contribution < -0.4 is 15.6 Å². The third kappa shape index (κ3) is 4.88. The summed E-state index contributed by atoms with van der Waals surface area (Å²) in [6, 6.07) is 14.0. The molecule has 9 heteroatoms. The first kappa shape index (κ1) is 21.7. The lowest BCUT2D eigenvalue weighted by atomic mass is 10.1. The van der Waals surface area contributed by atoms with Crippen LogP contribution in [0.15, 0.2) is 63.5 Å². The maximum absolute atomic E-state index is 13.2. The molecule has 1 aromatic carbocycles. The van der Waals surface area contributed by atoms with Crippen molar-refractivity contribution in [2.45, 2.75) is 18.9 Å². The zero-order chi connectivity index (χ0) is 22.5. The van der Waals surface area contributed by atoms with E-state index in [1.165, 1.54) is 10.5 Å². The Morgan fingerprint density at radius 1 is 1.34 bits per heavy atom. The molecular weight excluding hydrogens is 476 g/mol. The molecule has 0 radical (unpaired) electrons. The summed E-state index contributed by atoms with van der Waals surface area (Å²) in [4.78, 5) is 30.2. The number of nitrogens with zero attached hydrogens (tertiary/aromatic N) is 3. The monoisotopic (exact) mass is 494 g/mol. The molecule has 3 aromatic rings. The van der Waals surface area contributed by atoms with Gasteiger partial charge in [0.05, 0.1) is 6.10 Å². The lowest BCUT2D eigenvalue weighted by molar-refractivity contribution is -0.117. The number of ether oxygens (including phenoxy) is 2. The van der Waals surface area contributed by atoms with E-state index >= 15 is 0 Å². The topological polar surface area (TPSA) is 106 Å². The minimum atomic E-state index is -0.588. The Labute approximate surface area is 192 Å². The van der Waals surface area contributed by atoms with Gasteiger partial charge in [0, 0.05) is 23.8 Å². The summed E-state index contributed by atoms with van der Waals surface area (Å²) in [6.07, 6.45) is 4.51. The number of fused-ring (bicyclic) bond motifs is 1. The second-order valence-electron chi connectivity index (χ2n) is 7.14. The Morgan fingerprint density at radius 3 is 2.88 bits per heavy atom. The fourth-order valence-corrected chi connectivity index (χ4v) is 3.56. The number of carbonyl (C=O) groups excluding carboxylic acids is 1. The number of rotatable bonds is 6. The Hall–Kier alpha value is -3.48. The fourth-order valence-electron chi connectivity index (χ4n) is 3.30. The first-order chi connectivity index (χ1) is 15.5. The van der Waals surface area contributed by atoms with Gasteiger partial charge in [0.1, 0.15) is 28.6 Å². The molecule has 162 valence electrons. The second-order valence-corrected chi connectivity index (χ2v) is 8.05. The Balaban J connectivity index is 1.72. The average molecular weight is 495 g/mol. The molecule has 0 aliphatic carbocycles. The predicted molar refractivity (Wildman–Crippen MR) is 121 cm³/mol. The van der Waals surface area contributed by atoms with Crippen LogP contribution in [0.3, 0.4) is 0 Å². The molecule has 8 nitrogen and oxygen atoms in total. The number of benzene rings is 1. The fraction of sp³-hybridized carbons (Fsp3) is 0.217. The molecule has 1 aliphatic heterocycles. The van der Waals surface area contributed by atoms with Crippen LogP contribution in [-0.4, -0.2) is 34.5 Å². The summed E-state index contributed by atoms with van der Waals surface area (Å²) >= 11 is 3.36. The van der Waals surface area contributed by atoms with Crippen molar-refractivity contribution in [2.24, 2.45) is 0 Å². The first-order valence-electron chi connectivity index (χ1n) is 10.0. The van der Waals surface area contributed by atoms with E-state index in [0.29, 0.717) is 24.5 Å². The van der Waals surface area contributed by atoms with Gasteiger partial charge in [-0.25, -0.2) is 0 Å². The van der Waals surface area contributed by atoms with Gasteiger partial charge in [-0.3, -0.25) is 14.0 Å². The van der Waals surface area contributed by atoms with Gasteiger partial charge in [0.15, 0.2) is 0 Å². The smallest absolute Gasteiger partial charge is 0.269 e. The number of nitrogens with one attached hydrogen (secondary N) is 1. The van der Waals surface area contributed by atoms with Crippen molar-refractivity contribution in [3.63, 3.8) is 0 Å². The van der Waals surface area contributed by atoms with Crippen LogP contribution in [0.5, 0.6) is 11.6 Å². The predicted octanol–water partition coefficient (Wildman–Crippen LogP) is 3.45. The summed E-state index contributed by atoms with van der Waals surface area (Å²) in [6.45, 7) is 0.965. The highest BCUT2D eigenvalue weighted by Crippen LogP contribution is 2.25.